The fourth-order valence-electron chi connectivity index (χ4n) is 2.17. The zero-order valence-electron chi connectivity index (χ0n) is 11.1. The van der Waals surface area contributed by atoms with Crippen molar-refractivity contribution in [1.29, 1.82) is 0 Å². The second kappa shape index (κ2) is 5.48. The summed E-state index contributed by atoms with van der Waals surface area (Å²) in [5, 5.41) is 15.7. The van der Waals surface area contributed by atoms with Crippen LogP contribution in [0.25, 0.3) is 16.7 Å². The van der Waals surface area contributed by atoms with Gasteiger partial charge in [0.05, 0.1) is 34.8 Å². The molecule has 0 aliphatic carbocycles. The molecule has 2 heterocycles. The van der Waals surface area contributed by atoms with Crippen molar-refractivity contribution in [3.63, 3.8) is 0 Å². The highest BCUT2D eigenvalue weighted by molar-refractivity contribution is 6.35. The van der Waals surface area contributed by atoms with Gasteiger partial charge in [0, 0.05) is 6.07 Å². The molecule has 9 heteroatoms. The van der Waals surface area contributed by atoms with Crippen LogP contribution in [-0.2, 0) is 0 Å². The minimum atomic E-state index is -0.915. The van der Waals surface area contributed by atoms with Crippen LogP contribution >= 0.6 is 11.6 Å². The Labute approximate surface area is 128 Å². The predicted molar refractivity (Wildman–Crippen MR) is 78.5 cm³/mol. The summed E-state index contributed by atoms with van der Waals surface area (Å²) in [6.45, 7) is -0.426. The predicted octanol–water partition coefficient (Wildman–Crippen LogP) is 0.893. The fourth-order valence-corrected chi connectivity index (χ4v) is 2.42. The molecule has 0 saturated carbocycles. The van der Waals surface area contributed by atoms with Crippen molar-refractivity contribution in [3.8, 4) is 5.82 Å². The van der Waals surface area contributed by atoms with Crippen LogP contribution in [0.3, 0.4) is 0 Å². The molecule has 7 nitrogen and oxygen atoms in total. The van der Waals surface area contributed by atoms with Crippen molar-refractivity contribution in [2.75, 3.05) is 6.61 Å². The molecule has 1 unspecified atom stereocenters. The summed E-state index contributed by atoms with van der Waals surface area (Å²) in [4.78, 5) is 16.9. The van der Waals surface area contributed by atoms with Crippen LogP contribution in [0.2, 0.25) is 5.02 Å². The number of halogens is 2. The first-order valence-electron chi connectivity index (χ1n) is 6.31. The summed E-state index contributed by atoms with van der Waals surface area (Å²) in [6.07, 6.45) is 1.44. The average Bonchev–Trinajstić information content (AvgIpc) is 3.01. The lowest BCUT2D eigenvalue weighted by atomic mass is 10.2. The van der Waals surface area contributed by atoms with E-state index >= 15 is 0 Å². The van der Waals surface area contributed by atoms with Gasteiger partial charge in [-0.3, -0.25) is 9.89 Å². The van der Waals surface area contributed by atoms with Crippen LogP contribution < -0.4 is 11.3 Å². The number of nitrogens with two attached hydrogens (primary N) is 1. The number of fused-ring (bicyclic) bond motifs is 1. The minimum absolute atomic E-state index is 0.00440. The molecule has 0 aliphatic rings. The first-order chi connectivity index (χ1) is 10.5. The number of H-pyrrole nitrogens is 1. The molecule has 0 saturated heterocycles. The standard InChI is InChI=1S/C13H11ClFN5O2/c14-8-4-6(15)3-7-11(8)18-12(9(16)5-21)20(13(7)22)10-1-2-17-19-10/h1-4,9,21H,5,16H2,(H,17,19). The molecular weight excluding hydrogens is 313 g/mol. The lowest BCUT2D eigenvalue weighted by Crippen LogP contribution is -2.30. The molecule has 0 amide bonds. The van der Waals surface area contributed by atoms with Crippen LogP contribution in [0, 0.1) is 5.82 Å². The number of hydrogen-bond acceptors (Lipinski definition) is 5. The van der Waals surface area contributed by atoms with Crippen molar-refractivity contribution in [2.24, 2.45) is 5.73 Å². The molecule has 114 valence electrons. The van der Waals surface area contributed by atoms with E-state index in [1.807, 2.05) is 0 Å². The molecule has 22 heavy (non-hydrogen) atoms. The molecule has 4 N–H and O–H groups in total. The van der Waals surface area contributed by atoms with Gasteiger partial charge in [0.15, 0.2) is 0 Å². The Morgan fingerprint density at radius 3 is 2.91 bits per heavy atom. The van der Waals surface area contributed by atoms with Crippen molar-refractivity contribution < 1.29 is 9.50 Å². The number of benzene rings is 1. The smallest absolute Gasteiger partial charge is 0.267 e. The number of rotatable bonds is 3. The van der Waals surface area contributed by atoms with Gasteiger partial charge in [-0.25, -0.2) is 13.9 Å². The molecule has 1 atom stereocenters. The second-order valence-corrected chi connectivity index (χ2v) is 5.03. The molecule has 2 aromatic heterocycles. The summed E-state index contributed by atoms with van der Waals surface area (Å²) in [7, 11) is 0. The molecule has 0 radical (unpaired) electrons. The highest BCUT2D eigenvalue weighted by Crippen LogP contribution is 2.23. The Bertz CT molecular complexity index is 894. The number of aromatic amines is 1. The number of aliphatic hydroxyl groups is 1. The van der Waals surface area contributed by atoms with Gasteiger partial charge in [0.25, 0.3) is 5.56 Å². The summed E-state index contributed by atoms with van der Waals surface area (Å²) in [5.74, 6) is -0.247. The molecular formula is C13H11ClFN5O2. The van der Waals surface area contributed by atoms with Crippen molar-refractivity contribution in [2.45, 2.75) is 6.04 Å². The van der Waals surface area contributed by atoms with E-state index in [0.717, 1.165) is 16.7 Å². The van der Waals surface area contributed by atoms with Crippen molar-refractivity contribution >= 4 is 22.5 Å². The Morgan fingerprint density at radius 1 is 1.50 bits per heavy atom. The number of aromatic nitrogens is 4. The largest absolute Gasteiger partial charge is 0.394 e. The van der Waals surface area contributed by atoms with Crippen LogP contribution in [-0.4, -0.2) is 31.5 Å². The highest BCUT2D eigenvalue weighted by atomic mass is 35.5. The number of hydrogen-bond donors (Lipinski definition) is 3. The van der Waals surface area contributed by atoms with E-state index in [1.54, 1.807) is 0 Å². The maximum absolute atomic E-state index is 13.5. The van der Waals surface area contributed by atoms with Gasteiger partial charge >= 0.3 is 0 Å². The molecule has 3 aromatic rings. The third-order valence-electron chi connectivity index (χ3n) is 3.17. The van der Waals surface area contributed by atoms with Crippen LogP contribution in [0.5, 0.6) is 0 Å². The minimum Gasteiger partial charge on any atom is -0.394 e. The summed E-state index contributed by atoms with van der Waals surface area (Å²) < 4.78 is 14.7. The Hall–Kier alpha value is -2.29. The van der Waals surface area contributed by atoms with Crippen LogP contribution in [0.15, 0.2) is 29.2 Å². The van der Waals surface area contributed by atoms with Crippen LogP contribution in [0.4, 0.5) is 4.39 Å². The second-order valence-electron chi connectivity index (χ2n) is 4.63. The Morgan fingerprint density at radius 2 is 2.27 bits per heavy atom. The number of nitrogens with zero attached hydrogens (tertiary/aromatic N) is 3. The average molecular weight is 324 g/mol. The highest BCUT2D eigenvalue weighted by Gasteiger charge is 2.20. The topological polar surface area (TPSA) is 110 Å². The van der Waals surface area contributed by atoms with E-state index in [0.29, 0.717) is 5.82 Å². The van der Waals surface area contributed by atoms with Gasteiger partial charge in [-0.05, 0) is 12.1 Å². The monoisotopic (exact) mass is 323 g/mol. The van der Waals surface area contributed by atoms with Gasteiger partial charge in [-0.15, -0.1) is 0 Å². The molecule has 0 bridgehead atoms. The van der Waals surface area contributed by atoms with E-state index in [4.69, 9.17) is 17.3 Å². The maximum Gasteiger partial charge on any atom is 0.267 e. The first-order valence-corrected chi connectivity index (χ1v) is 6.68. The molecule has 3 rings (SSSR count). The first kappa shape index (κ1) is 14.6. The van der Waals surface area contributed by atoms with Gasteiger partial charge in [-0.1, -0.05) is 11.6 Å². The van der Waals surface area contributed by atoms with Crippen molar-refractivity contribution in [1.82, 2.24) is 19.7 Å². The van der Waals surface area contributed by atoms with Gasteiger partial charge in [0.1, 0.15) is 17.5 Å². The molecule has 0 fully saturated rings. The van der Waals surface area contributed by atoms with Gasteiger partial charge in [-0.2, -0.15) is 5.10 Å². The van der Waals surface area contributed by atoms with Gasteiger partial charge in [0.2, 0.25) is 0 Å². The molecule has 1 aromatic carbocycles. The van der Waals surface area contributed by atoms with Gasteiger partial charge < -0.3 is 10.8 Å². The summed E-state index contributed by atoms with van der Waals surface area (Å²) in [6, 6.07) is 2.73. The number of nitrogens with one attached hydrogen (secondary N) is 1. The Balaban J connectivity index is 2.46. The zero-order chi connectivity index (χ0) is 15.9. The zero-order valence-corrected chi connectivity index (χ0v) is 11.9. The van der Waals surface area contributed by atoms with E-state index in [2.05, 4.69) is 15.2 Å². The normalized spacial score (nSPS) is 12.7. The maximum atomic E-state index is 13.5. The van der Waals surface area contributed by atoms with E-state index < -0.39 is 24.0 Å². The van der Waals surface area contributed by atoms with Crippen molar-refractivity contribution in [3.05, 3.63) is 51.4 Å². The molecule has 0 spiro atoms. The lowest BCUT2D eigenvalue weighted by Gasteiger charge is -2.16. The summed E-state index contributed by atoms with van der Waals surface area (Å²) in [5.41, 5.74) is 5.38. The Kier molecular flexibility index (Phi) is 3.65. The number of aliphatic hydroxyl groups excluding tert-OH is 1. The summed E-state index contributed by atoms with van der Waals surface area (Å²) >= 11 is 5.96. The fraction of sp³-hybridized carbons (Fsp3) is 0.154. The third kappa shape index (κ3) is 2.27. The van der Waals surface area contributed by atoms with E-state index in [-0.39, 0.29) is 21.7 Å². The van der Waals surface area contributed by atoms with Crippen LogP contribution in [0.1, 0.15) is 11.9 Å². The lowest BCUT2D eigenvalue weighted by molar-refractivity contribution is 0.262. The van der Waals surface area contributed by atoms with E-state index in [1.165, 1.54) is 12.3 Å². The third-order valence-corrected chi connectivity index (χ3v) is 3.46. The molecule has 0 aliphatic heterocycles. The van der Waals surface area contributed by atoms with E-state index in [9.17, 15) is 14.3 Å². The SMILES string of the molecule is NC(CO)c1nc2c(Cl)cc(F)cc2c(=O)n1-c1ccn[nH]1. The quantitative estimate of drug-likeness (QED) is 0.663.